The topological polar surface area (TPSA) is 82.9 Å². The molecule has 0 amide bonds. The zero-order valence-electron chi connectivity index (χ0n) is 19.3. The summed E-state index contributed by atoms with van der Waals surface area (Å²) in [7, 11) is 1.67. The molecular weight excluding hydrogens is 450 g/mol. The Hall–Kier alpha value is -3.65. The third kappa shape index (κ3) is 5.63. The second kappa shape index (κ2) is 11.0. The van der Waals surface area contributed by atoms with E-state index >= 15 is 0 Å². The Labute approximate surface area is 204 Å². The molecule has 34 heavy (non-hydrogen) atoms. The van der Waals surface area contributed by atoms with Gasteiger partial charge in [0.25, 0.3) is 0 Å². The molecule has 0 aliphatic carbocycles. The normalized spacial score (nSPS) is 10.9. The SMILES string of the molecule is CCOc1cc(CN(CCc2c[nH]c3ccc(OC)cc23)C(=S)NCc2ccco2)ccc1O. The molecule has 8 heteroatoms. The maximum Gasteiger partial charge on any atom is 0.169 e. The van der Waals surface area contributed by atoms with E-state index in [1.54, 1.807) is 19.4 Å². The zero-order chi connectivity index (χ0) is 23.9. The Morgan fingerprint density at radius 3 is 2.85 bits per heavy atom. The first-order valence-electron chi connectivity index (χ1n) is 11.2. The molecule has 0 saturated carbocycles. The number of phenolic OH excluding ortho intramolecular Hbond substituents is 1. The number of aromatic nitrogens is 1. The Morgan fingerprint density at radius 1 is 1.21 bits per heavy atom. The minimum atomic E-state index is 0.128. The fraction of sp³-hybridized carbons (Fsp3) is 0.269. The van der Waals surface area contributed by atoms with Crippen molar-refractivity contribution < 1.29 is 19.0 Å². The van der Waals surface area contributed by atoms with E-state index in [1.807, 2.05) is 55.6 Å². The van der Waals surface area contributed by atoms with Gasteiger partial charge in [0.2, 0.25) is 0 Å². The molecule has 3 N–H and O–H groups in total. The summed E-state index contributed by atoms with van der Waals surface area (Å²) in [5.74, 6) is 2.24. The standard InChI is InChI=1S/C26H29N3O4S/c1-3-32-25-13-18(6-9-24(25)30)17-29(26(34)28-16-21-5-4-12-33-21)11-10-19-15-27-23-8-7-20(31-2)14-22(19)23/h4-9,12-15,27,30H,3,10-11,16-17H2,1-2H3,(H,28,34). The molecular formula is C26H29N3O4S. The number of ether oxygens (including phenoxy) is 2. The molecule has 0 aliphatic heterocycles. The van der Waals surface area contributed by atoms with Crippen LogP contribution in [0.1, 0.15) is 23.8 Å². The lowest BCUT2D eigenvalue weighted by molar-refractivity contribution is 0.316. The van der Waals surface area contributed by atoms with Crippen LogP contribution in [0.3, 0.4) is 0 Å². The predicted octanol–water partition coefficient (Wildman–Crippen LogP) is 4.99. The molecule has 178 valence electrons. The first-order valence-corrected chi connectivity index (χ1v) is 11.6. The third-order valence-corrected chi connectivity index (χ3v) is 6.01. The van der Waals surface area contributed by atoms with Crippen molar-refractivity contribution in [3.05, 3.63) is 77.9 Å². The van der Waals surface area contributed by atoms with E-state index in [1.165, 1.54) is 5.56 Å². The number of hydrogen-bond donors (Lipinski definition) is 3. The van der Waals surface area contributed by atoms with Gasteiger partial charge in [-0.2, -0.15) is 0 Å². The van der Waals surface area contributed by atoms with E-state index in [0.717, 1.165) is 34.4 Å². The van der Waals surface area contributed by atoms with Crippen molar-refractivity contribution in [3.8, 4) is 17.2 Å². The number of H-pyrrole nitrogens is 1. The van der Waals surface area contributed by atoms with Gasteiger partial charge >= 0.3 is 0 Å². The van der Waals surface area contributed by atoms with Crippen LogP contribution in [-0.4, -0.2) is 40.4 Å². The van der Waals surface area contributed by atoms with E-state index < -0.39 is 0 Å². The van der Waals surface area contributed by atoms with Crippen molar-refractivity contribution in [2.75, 3.05) is 20.3 Å². The highest BCUT2D eigenvalue weighted by Gasteiger charge is 2.15. The molecule has 0 fully saturated rings. The van der Waals surface area contributed by atoms with Crippen LogP contribution in [0.2, 0.25) is 0 Å². The maximum absolute atomic E-state index is 10.1. The predicted molar refractivity (Wildman–Crippen MR) is 136 cm³/mol. The van der Waals surface area contributed by atoms with Crippen molar-refractivity contribution in [3.63, 3.8) is 0 Å². The largest absolute Gasteiger partial charge is 0.504 e. The van der Waals surface area contributed by atoms with Gasteiger partial charge in [-0.25, -0.2) is 0 Å². The summed E-state index contributed by atoms with van der Waals surface area (Å²) >= 11 is 5.75. The minimum absolute atomic E-state index is 0.128. The summed E-state index contributed by atoms with van der Waals surface area (Å²) in [5.41, 5.74) is 3.25. The second-order valence-electron chi connectivity index (χ2n) is 7.87. The summed E-state index contributed by atoms with van der Waals surface area (Å²) < 4.78 is 16.4. The number of hydrogen-bond acceptors (Lipinski definition) is 5. The lowest BCUT2D eigenvalue weighted by Crippen LogP contribution is -2.40. The Balaban J connectivity index is 1.52. The number of nitrogens with zero attached hydrogens (tertiary/aromatic N) is 1. The van der Waals surface area contributed by atoms with Crippen LogP contribution in [0.25, 0.3) is 10.9 Å². The highest BCUT2D eigenvalue weighted by atomic mass is 32.1. The van der Waals surface area contributed by atoms with Crippen LogP contribution in [0.4, 0.5) is 0 Å². The van der Waals surface area contributed by atoms with Crippen molar-refractivity contribution in [2.45, 2.75) is 26.4 Å². The van der Waals surface area contributed by atoms with Crippen LogP contribution in [-0.2, 0) is 19.5 Å². The molecule has 2 aromatic heterocycles. The molecule has 4 rings (SSSR count). The first kappa shape index (κ1) is 23.5. The number of methoxy groups -OCH3 is 1. The summed E-state index contributed by atoms with van der Waals surface area (Å²) in [4.78, 5) is 5.44. The molecule has 0 radical (unpaired) electrons. The highest BCUT2D eigenvalue weighted by Crippen LogP contribution is 2.28. The highest BCUT2D eigenvalue weighted by molar-refractivity contribution is 7.80. The van der Waals surface area contributed by atoms with Crippen molar-refractivity contribution in [1.82, 2.24) is 15.2 Å². The van der Waals surface area contributed by atoms with Gasteiger partial charge < -0.3 is 34.2 Å². The van der Waals surface area contributed by atoms with Crippen molar-refractivity contribution >= 4 is 28.2 Å². The Bertz CT molecular complexity index is 1240. The van der Waals surface area contributed by atoms with Gasteiger partial charge in [0.1, 0.15) is 11.5 Å². The summed E-state index contributed by atoms with van der Waals surface area (Å²) in [6.07, 6.45) is 4.47. The fourth-order valence-corrected chi connectivity index (χ4v) is 4.06. The molecule has 2 heterocycles. The summed E-state index contributed by atoms with van der Waals surface area (Å²) in [6, 6.07) is 15.2. The van der Waals surface area contributed by atoms with Gasteiger partial charge in [-0.1, -0.05) is 6.07 Å². The third-order valence-electron chi connectivity index (χ3n) is 5.60. The first-order chi connectivity index (χ1) is 16.6. The quantitative estimate of drug-likeness (QED) is 0.276. The van der Waals surface area contributed by atoms with Crippen LogP contribution >= 0.6 is 12.2 Å². The fourth-order valence-electron chi connectivity index (χ4n) is 3.84. The van der Waals surface area contributed by atoms with E-state index in [2.05, 4.69) is 15.2 Å². The van der Waals surface area contributed by atoms with Gasteiger partial charge in [-0.15, -0.1) is 0 Å². The van der Waals surface area contributed by atoms with E-state index in [-0.39, 0.29) is 5.75 Å². The maximum atomic E-state index is 10.1. The van der Waals surface area contributed by atoms with E-state index in [0.29, 0.717) is 37.1 Å². The average Bonchev–Trinajstić information content (AvgIpc) is 3.52. The Kier molecular flexibility index (Phi) is 7.59. The molecule has 0 atom stereocenters. The van der Waals surface area contributed by atoms with Gasteiger partial charge in [-0.05, 0) is 79.2 Å². The number of furan rings is 1. The number of nitrogens with one attached hydrogen (secondary N) is 2. The van der Waals surface area contributed by atoms with Crippen LogP contribution in [0.15, 0.2) is 65.4 Å². The second-order valence-corrected chi connectivity index (χ2v) is 8.26. The zero-order valence-corrected chi connectivity index (χ0v) is 20.2. The molecule has 0 spiro atoms. The van der Waals surface area contributed by atoms with Gasteiger partial charge in [0.05, 0.1) is 26.5 Å². The molecule has 0 aliphatic rings. The van der Waals surface area contributed by atoms with E-state index in [9.17, 15) is 5.11 Å². The molecule has 7 nitrogen and oxygen atoms in total. The molecule has 0 bridgehead atoms. The van der Waals surface area contributed by atoms with Crippen LogP contribution < -0.4 is 14.8 Å². The van der Waals surface area contributed by atoms with Gasteiger partial charge in [-0.3, -0.25) is 0 Å². The summed E-state index contributed by atoms with van der Waals surface area (Å²) in [6.45, 7) is 4.14. The number of fused-ring (bicyclic) bond motifs is 1. The van der Waals surface area contributed by atoms with Crippen LogP contribution in [0.5, 0.6) is 17.2 Å². The number of aromatic amines is 1. The van der Waals surface area contributed by atoms with Gasteiger partial charge in [0, 0.05) is 30.2 Å². The number of thiocarbonyl (C=S) groups is 1. The minimum Gasteiger partial charge on any atom is -0.504 e. The number of aromatic hydroxyl groups is 1. The number of phenols is 1. The van der Waals surface area contributed by atoms with Crippen molar-refractivity contribution in [2.24, 2.45) is 0 Å². The molecule has 2 aromatic carbocycles. The summed E-state index contributed by atoms with van der Waals surface area (Å²) in [5, 5.41) is 15.1. The Morgan fingerprint density at radius 2 is 2.09 bits per heavy atom. The lowest BCUT2D eigenvalue weighted by atomic mass is 10.1. The number of rotatable bonds is 10. The molecule has 0 unspecified atom stereocenters. The van der Waals surface area contributed by atoms with Crippen molar-refractivity contribution in [1.29, 1.82) is 0 Å². The lowest BCUT2D eigenvalue weighted by Gasteiger charge is -2.26. The van der Waals surface area contributed by atoms with Gasteiger partial charge in [0.15, 0.2) is 16.6 Å². The van der Waals surface area contributed by atoms with E-state index in [4.69, 9.17) is 26.1 Å². The monoisotopic (exact) mass is 479 g/mol. The average molecular weight is 480 g/mol. The molecule has 0 saturated heterocycles. The molecule has 4 aromatic rings. The smallest absolute Gasteiger partial charge is 0.169 e. The van der Waals surface area contributed by atoms with Crippen LogP contribution in [0, 0.1) is 0 Å². The number of benzene rings is 2.